The van der Waals surface area contributed by atoms with Crippen LogP contribution in [0.25, 0.3) is 0 Å². The Morgan fingerprint density at radius 2 is 2.00 bits per heavy atom. The molecule has 1 unspecified atom stereocenters. The number of aromatic hydroxyl groups is 1. The number of phenolic OH excluding ortho intramolecular Hbond substituents is 1. The molecule has 0 aromatic heterocycles. The summed E-state index contributed by atoms with van der Waals surface area (Å²) in [5.41, 5.74) is 1.02. The Kier molecular flexibility index (Phi) is 4.10. The molecule has 2 saturated heterocycles. The highest BCUT2D eigenvalue weighted by Crippen LogP contribution is 2.26. The minimum atomic E-state index is 0.410. The molecule has 104 valence electrons. The fraction of sp³-hybridized carbons (Fsp3) is 0.600. The molecule has 1 aromatic rings. The Morgan fingerprint density at radius 1 is 1.21 bits per heavy atom. The molecular weight excluding hydrogens is 304 g/mol. The second-order valence-electron chi connectivity index (χ2n) is 5.69. The third-order valence-electron chi connectivity index (χ3n) is 4.34. The molecule has 0 spiro atoms. The predicted molar refractivity (Wildman–Crippen MR) is 80.3 cm³/mol. The van der Waals surface area contributed by atoms with Crippen LogP contribution in [0.3, 0.4) is 0 Å². The van der Waals surface area contributed by atoms with Crippen LogP contribution < -0.4 is 0 Å². The number of hydrogen-bond acceptors (Lipinski definition) is 3. The Bertz CT molecular complexity index is 446. The molecule has 0 bridgehead atoms. The largest absolute Gasteiger partial charge is 0.508 e. The van der Waals surface area contributed by atoms with Crippen LogP contribution in [-0.4, -0.2) is 47.1 Å². The monoisotopic (exact) mass is 324 g/mol. The zero-order valence-electron chi connectivity index (χ0n) is 11.2. The van der Waals surface area contributed by atoms with Crippen LogP contribution >= 0.6 is 15.9 Å². The van der Waals surface area contributed by atoms with E-state index in [0.717, 1.165) is 35.7 Å². The van der Waals surface area contributed by atoms with E-state index < -0.39 is 0 Å². The van der Waals surface area contributed by atoms with Gasteiger partial charge in [-0.1, -0.05) is 15.9 Å². The van der Waals surface area contributed by atoms with Crippen molar-refractivity contribution in [1.82, 2.24) is 9.80 Å². The van der Waals surface area contributed by atoms with Gasteiger partial charge in [0.05, 0.1) is 0 Å². The smallest absolute Gasteiger partial charge is 0.120 e. The van der Waals surface area contributed by atoms with Crippen LogP contribution in [0.4, 0.5) is 0 Å². The van der Waals surface area contributed by atoms with Gasteiger partial charge in [0.25, 0.3) is 0 Å². The van der Waals surface area contributed by atoms with E-state index in [1.54, 1.807) is 6.07 Å². The molecule has 2 aliphatic rings. The number of benzene rings is 1. The fourth-order valence-corrected chi connectivity index (χ4v) is 3.69. The highest BCUT2D eigenvalue weighted by molar-refractivity contribution is 9.10. The standard InChI is InChI=1S/C15H21BrN2O/c16-13-3-4-15(19)12(9-13)10-17-8-5-14(11-17)18-6-1-2-7-18/h3-4,9,14,19H,1-2,5-8,10-11H2. The lowest BCUT2D eigenvalue weighted by atomic mass is 10.2. The van der Waals surface area contributed by atoms with Gasteiger partial charge in [-0.15, -0.1) is 0 Å². The van der Waals surface area contributed by atoms with Crippen LogP contribution in [0.15, 0.2) is 22.7 Å². The topological polar surface area (TPSA) is 26.7 Å². The maximum Gasteiger partial charge on any atom is 0.120 e. The maximum absolute atomic E-state index is 9.91. The van der Waals surface area contributed by atoms with E-state index >= 15 is 0 Å². The van der Waals surface area contributed by atoms with Gasteiger partial charge in [0.2, 0.25) is 0 Å². The van der Waals surface area contributed by atoms with Gasteiger partial charge in [0.15, 0.2) is 0 Å². The van der Waals surface area contributed by atoms with Crippen molar-refractivity contribution in [2.45, 2.75) is 31.8 Å². The number of likely N-dealkylation sites (tertiary alicyclic amines) is 2. The average Bonchev–Trinajstić information content (AvgIpc) is 3.04. The minimum absolute atomic E-state index is 0.410. The molecule has 1 atom stereocenters. The number of halogens is 1. The van der Waals surface area contributed by atoms with Crippen molar-refractivity contribution in [2.75, 3.05) is 26.2 Å². The highest BCUT2D eigenvalue weighted by Gasteiger charge is 2.29. The lowest BCUT2D eigenvalue weighted by molar-refractivity contribution is 0.229. The first-order valence-electron chi connectivity index (χ1n) is 7.16. The molecule has 1 aromatic carbocycles. The van der Waals surface area contributed by atoms with E-state index in [2.05, 4.69) is 25.7 Å². The summed E-state index contributed by atoms with van der Waals surface area (Å²) >= 11 is 3.47. The first kappa shape index (κ1) is 13.4. The van der Waals surface area contributed by atoms with Crippen LogP contribution in [0.2, 0.25) is 0 Å². The molecule has 2 heterocycles. The van der Waals surface area contributed by atoms with Gasteiger partial charge >= 0.3 is 0 Å². The van der Waals surface area contributed by atoms with Gasteiger partial charge in [-0.25, -0.2) is 0 Å². The van der Waals surface area contributed by atoms with Crippen LogP contribution in [0.5, 0.6) is 5.75 Å². The molecule has 3 nitrogen and oxygen atoms in total. The number of nitrogens with zero attached hydrogens (tertiary/aromatic N) is 2. The SMILES string of the molecule is Oc1ccc(Br)cc1CN1CCC(N2CCCC2)C1. The van der Waals surface area contributed by atoms with Gasteiger partial charge in [-0.05, 0) is 50.6 Å². The summed E-state index contributed by atoms with van der Waals surface area (Å²) in [6, 6.07) is 6.42. The summed E-state index contributed by atoms with van der Waals surface area (Å²) in [6.45, 7) is 5.70. The Labute approximate surface area is 123 Å². The Balaban J connectivity index is 1.60. The first-order valence-corrected chi connectivity index (χ1v) is 7.95. The van der Waals surface area contributed by atoms with Gasteiger partial charge in [0.1, 0.15) is 5.75 Å². The lowest BCUT2D eigenvalue weighted by Gasteiger charge is -2.23. The molecule has 19 heavy (non-hydrogen) atoms. The molecule has 0 saturated carbocycles. The van der Waals surface area contributed by atoms with Crippen LogP contribution in [0.1, 0.15) is 24.8 Å². The molecule has 2 aliphatic heterocycles. The quantitative estimate of drug-likeness (QED) is 0.926. The predicted octanol–water partition coefficient (Wildman–Crippen LogP) is 2.82. The number of hydrogen-bond donors (Lipinski definition) is 1. The molecule has 1 N–H and O–H groups in total. The Hall–Kier alpha value is -0.580. The third kappa shape index (κ3) is 3.12. The minimum Gasteiger partial charge on any atom is -0.508 e. The molecule has 0 radical (unpaired) electrons. The molecule has 4 heteroatoms. The van der Waals surface area contributed by atoms with Crippen molar-refractivity contribution in [3.8, 4) is 5.75 Å². The fourth-order valence-electron chi connectivity index (χ4n) is 3.28. The van der Waals surface area contributed by atoms with E-state index in [4.69, 9.17) is 0 Å². The first-order chi connectivity index (χ1) is 9.22. The van der Waals surface area contributed by atoms with Gasteiger partial charge in [-0.2, -0.15) is 0 Å². The third-order valence-corrected chi connectivity index (χ3v) is 4.83. The highest BCUT2D eigenvalue weighted by atomic mass is 79.9. The second kappa shape index (κ2) is 5.81. The van der Waals surface area contributed by atoms with Crippen molar-refractivity contribution in [2.24, 2.45) is 0 Å². The van der Waals surface area contributed by atoms with E-state index in [1.807, 2.05) is 12.1 Å². The van der Waals surface area contributed by atoms with Gasteiger partial charge < -0.3 is 5.11 Å². The molecule has 3 rings (SSSR count). The van der Waals surface area contributed by atoms with E-state index in [0.29, 0.717) is 5.75 Å². The van der Waals surface area contributed by atoms with E-state index in [-0.39, 0.29) is 0 Å². The number of rotatable bonds is 3. The van der Waals surface area contributed by atoms with Crippen molar-refractivity contribution < 1.29 is 5.11 Å². The maximum atomic E-state index is 9.91. The van der Waals surface area contributed by atoms with Crippen molar-refractivity contribution in [3.63, 3.8) is 0 Å². The zero-order valence-corrected chi connectivity index (χ0v) is 12.8. The molecule has 0 amide bonds. The van der Waals surface area contributed by atoms with Crippen LogP contribution in [-0.2, 0) is 6.54 Å². The van der Waals surface area contributed by atoms with E-state index in [9.17, 15) is 5.11 Å². The normalized spacial score (nSPS) is 25.2. The Morgan fingerprint density at radius 3 is 2.79 bits per heavy atom. The summed E-state index contributed by atoms with van der Waals surface area (Å²) in [7, 11) is 0. The summed E-state index contributed by atoms with van der Waals surface area (Å²) in [5, 5.41) is 9.91. The second-order valence-corrected chi connectivity index (χ2v) is 6.61. The summed E-state index contributed by atoms with van der Waals surface area (Å²) < 4.78 is 1.04. The summed E-state index contributed by atoms with van der Waals surface area (Å²) in [4.78, 5) is 5.10. The lowest BCUT2D eigenvalue weighted by Crippen LogP contribution is -2.35. The number of phenols is 1. The van der Waals surface area contributed by atoms with E-state index in [1.165, 1.54) is 32.4 Å². The molecular formula is C15H21BrN2O. The summed E-state index contributed by atoms with van der Waals surface area (Å²) in [5.74, 6) is 0.410. The van der Waals surface area contributed by atoms with Crippen LogP contribution in [0, 0.1) is 0 Å². The molecule has 0 aliphatic carbocycles. The molecule has 2 fully saturated rings. The van der Waals surface area contributed by atoms with Gasteiger partial charge in [0, 0.05) is 35.7 Å². The average molecular weight is 325 g/mol. The zero-order chi connectivity index (χ0) is 13.2. The van der Waals surface area contributed by atoms with Crippen molar-refractivity contribution >= 4 is 15.9 Å². The summed E-state index contributed by atoms with van der Waals surface area (Å²) in [6.07, 6.45) is 4.00. The van der Waals surface area contributed by atoms with Gasteiger partial charge in [-0.3, -0.25) is 9.80 Å². The van der Waals surface area contributed by atoms with Crippen molar-refractivity contribution in [3.05, 3.63) is 28.2 Å². The van der Waals surface area contributed by atoms with Crippen molar-refractivity contribution in [1.29, 1.82) is 0 Å².